The monoisotopic (exact) mass is 303 g/mol. The zero-order valence-electron chi connectivity index (χ0n) is 11.9. The largest absolute Gasteiger partial charge is 0.384 e. The van der Waals surface area contributed by atoms with E-state index in [1.165, 1.54) is 11.4 Å². The third-order valence-electron chi connectivity index (χ3n) is 3.27. The fourth-order valence-corrected chi connectivity index (χ4v) is 3.40. The van der Waals surface area contributed by atoms with Crippen LogP contribution in [0.4, 0.5) is 5.69 Å². The molecule has 0 aliphatic carbocycles. The van der Waals surface area contributed by atoms with Crippen LogP contribution in [0.2, 0.25) is 0 Å². The van der Waals surface area contributed by atoms with Crippen LogP contribution in [0, 0.1) is 12.3 Å². The van der Waals surface area contributed by atoms with Gasteiger partial charge in [-0.3, -0.25) is 9.71 Å². The number of sulfonamides is 1. The molecule has 21 heavy (non-hydrogen) atoms. The van der Waals surface area contributed by atoms with Crippen molar-refractivity contribution >= 4 is 21.5 Å². The normalized spacial score (nSPS) is 11.1. The van der Waals surface area contributed by atoms with Gasteiger partial charge in [-0.05, 0) is 42.8 Å². The number of amidine groups is 1. The van der Waals surface area contributed by atoms with Gasteiger partial charge in [0.15, 0.2) is 0 Å². The highest BCUT2D eigenvalue weighted by Gasteiger charge is 2.22. The van der Waals surface area contributed by atoms with Crippen molar-refractivity contribution in [1.29, 1.82) is 5.41 Å². The van der Waals surface area contributed by atoms with E-state index in [1.807, 2.05) is 0 Å². The Morgan fingerprint density at radius 3 is 2.19 bits per heavy atom. The summed E-state index contributed by atoms with van der Waals surface area (Å²) in [5, 5.41) is 7.34. The van der Waals surface area contributed by atoms with Gasteiger partial charge in [0.05, 0.1) is 10.6 Å². The van der Waals surface area contributed by atoms with Crippen molar-refractivity contribution in [1.82, 2.24) is 0 Å². The highest BCUT2D eigenvalue weighted by molar-refractivity contribution is 7.92. The quantitative estimate of drug-likeness (QED) is 0.670. The van der Waals surface area contributed by atoms with E-state index in [1.54, 1.807) is 55.5 Å². The van der Waals surface area contributed by atoms with Crippen LogP contribution in [0.1, 0.15) is 11.1 Å². The number of benzene rings is 2. The smallest absolute Gasteiger partial charge is 0.264 e. The van der Waals surface area contributed by atoms with E-state index >= 15 is 0 Å². The Hall–Kier alpha value is -2.34. The highest BCUT2D eigenvalue weighted by atomic mass is 32.2. The molecule has 0 atom stereocenters. The maximum Gasteiger partial charge on any atom is 0.264 e. The number of anilines is 1. The number of nitrogens with two attached hydrogens (primary N) is 1. The van der Waals surface area contributed by atoms with E-state index in [2.05, 4.69) is 0 Å². The first kappa shape index (κ1) is 15.1. The molecule has 2 aromatic carbocycles. The van der Waals surface area contributed by atoms with Gasteiger partial charge in [-0.2, -0.15) is 0 Å². The van der Waals surface area contributed by atoms with E-state index in [4.69, 9.17) is 11.1 Å². The fraction of sp³-hybridized carbons (Fsp3) is 0.133. The summed E-state index contributed by atoms with van der Waals surface area (Å²) in [6, 6.07) is 13.4. The molecule has 6 heteroatoms. The summed E-state index contributed by atoms with van der Waals surface area (Å²) in [6.45, 7) is 1.76. The lowest BCUT2D eigenvalue weighted by Gasteiger charge is -2.20. The fourth-order valence-electron chi connectivity index (χ4n) is 1.98. The van der Waals surface area contributed by atoms with Crippen LogP contribution in [0.15, 0.2) is 53.4 Å². The Morgan fingerprint density at radius 2 is 1.67 bits per heavy atom. The molecule has 0 aliphatic rings. The SMILES string of the molecule is Cc1ccccc1S(=O)(=O)N(C)c1ccc(C(=N)N)cc1. The van der Waals surface area contributed by atoms with Crippen molar-refractivity contribution in [3.63, 3.8) is 0 Å². The molecule has 0 aliphatic heterocycles. The third kappa shape index (κ3) is 2.90. The highest BCUT2D eigenvalue weighted by Crippen LogP contribution is 2.24. The molecule has 110 valence electrons. The summed E-state index contributed by atoms with van der Waals surface area (Å²) < 4.78 is 26.5. The Morgan fingerprint density at radius 1 is 1.10 bits per heavy atom. The van der Waals surface area contributed by atoms with Crippen LogP contribution in [0.3, 0.4) is 0 Å². The number of hydrogen-bond donors (Lipinski definition) is 2. The van der Waals surface area contributed by atoms with Gasteiger partial charge in [0.2, 0.25) is 0 Å². The predicted molar refractivity (Wildman–Crippen MR) is 84.2 cm³/mol. The molecule has 0 amide bonds. The second-order valence-electron chi connectivity index (χ2n) is 4.70. The zero-order valence-corrected chi connectivity index (χ0v) is 12.7. The second-order valence-corrected chi connectivity index (χ2v) is 6.64. The minimum absolute atomic E-state index is 0.0500. The van der Waals surface area contributed by atoms with E-state index in [9.17, 15) is 8.42 Å². The maximum absolute atomic E-state index is 12.6. The van der Waals surface area contributed by atoms with Crippen molar-refractivity contribution in [2.45, 2.75) is 11.8 Å². The van der Waals surface area contributed by atoms with E-state index in [-0.39, 0.29) is 10.7 Å². The van der Waals surface area contributed by atoms with Gasteiger partial charge in [-0.1, -0.05) is 18.2 Å². The molecule has 5 nitrogen and oxygen atoms in total. The van der Waals surface area contributed by atoms with Crippen LogP contribution in [-0.4, -0.2) is 21.3 Å². The zero-order chi connectivity index (χ0) is 15.6. The molecule has 0 radical (unpaired) electrons. The molecule has 3 N–H and O–H groups in total. The van der Waals surface area contributed by atoms with Gasteiger partial charge in [-0.15, -0.1) is 0 Å². The van der Waals surface area contributed by atoms with Crippen LogP contribution in [0.5, 0.6) is 0 Å². The molecule has 0 fully saturated rings. The van der Waals surface area contributed by atoms with Gasteiger partial charge in [-0.25, -0.2) is 8.42 Å². The van der Waals surface area contributed by atoms with E-state index < -0.39 is 10.0 Å². The summed E-state index contributed by atoms with van der Waals surface area (Å²) in [5.74, 6) is -0.0500. The minimum atomic E-state index is -3.61. The standard InChI is InChI=1S/C15H17N3O2S/c1-11-5-3-4-6-14(11)21(19,20)18(2)13-9-7-12(8-10-13)15(16)17/h3-10H,1-2H3,(H3,16,17). The Balaban J connectivity index is 2.41. The predicted octanol–water partition coefficient (Wildman–Crippen LogP) is 2.10. The van der Waals surface area contributed by atoms with Crippen molar-refractivity contribution in [3.05, 3.63) is 59.7 Å². The average Bonchev–Trinajstić information content (AvgIpc) is 2.46. The molecule has 0 saturated carbocycles. The topological polar surface area (TPSA) is 87.2 Å². The first-order valence-corrected chi connectivity index (χ1v) is 7.77. The summed E-state index contributed by atoms with van der Waals surface area (Å²) in [7, 11) is -2.10. The maximum atomic E-state index is 12.6. The van der Waals surface area contributed by atoms with Crippen molar-refractivity contribution in [2.75, 3.05) is 11.4 Å². The molecule has 2 aromatic rings. The van der Waals surface area contributed by atoms with Gasteiger partial charge >= 0.3 is 0 Å². The summed E-state index contributed by atoms with van der Waals surface area (Å²) in [6.07, 6.45) is 0. The van der Waals surface area contributed by atoms with Crippen molar-refractivity contribution in [2.24, 2.45) is 5.73 Å². The second kappa shape index (κ2) is 5.57. The molecule has 0 saturated heterocycles. The first-order valence-electron chi connectivity index (χ1n) is 6.33. The van der Waals surface area contributed by atoms with Gasteiger partial charge in [0.25, 0.3) is 10.0 Å². The number of nitrogens with zero attached hydrogens (tertiary/aromatic N) is 1. The van der Waals surface area contributed by atoms with E-state index in [0.717, 1.165) is 0 Å². The summed E-state index contributed by atoms with van der Waals surface area (Å²) in [5.41, 5.74) is 7.16. The van der Waals surface area contributed by atoms with Crippen LogP contribution < -0.4 is 10.0 Å². The third-order valence-corrected chi connectivity index (χ3v) is 5.22. The van der Waals surface area contributed by atoms with E-state index in [0.29, 0.717) is 16.8 Å². The van der Waals surface area contributed by atoms with Crippen LogP contribution >= 0.6 is 0 Å². The number of nitrogen functional groups attached to an aromatic ring is 1. The Bertz CT molecular complexity index is 768. The van der Waals surface area contributed by atoms with Gasteiger partial charge in [0.1, 0.15) is 5.84 Å². The molecule has 0 unspecified atom stereocenters. The molecule has 0 spiro atoms. The molecular formula is C15H17N3O2S. The molecule has 2 rings (SSSR count). The first-order chi connectivity index (χ1) is 9.84. The molecule has 0 heterocycles. The summed E-state index contributed by atoms with van der Waals surface area (Å²) >= 11 is 0. The Labute approximate surface area is 124 Å². The van der Waals surface area contributed by atoms with Gasteiger partial charge < -0.3 is 5.73 Å². The van der Waals surface area contributed by atoms with Crippen LogP contribution in [-0.2, 0) is 10.0 Å². The average molecular weight is 303 g/mol. The lowest BCUT2D eigenvalue weighted by Crippen LogP contribution is -2.27. The van der Waals surface area contributed by atoms with Crippen LogP contribution in [0.25, 0.3) is 0 Å². The number of hydrogen-bond acceptors (Lipinski definition) is 3. The summed E-state index contributed by atoms with van der Waals surface area (Å²) in [4.78, 5) is 0.281. The molecular weight excluding hydrogens is 286 g/mol. The van der Waals surface area contributed by atoms with Gasteiger partial charge in [0, 0.05) is 12.6 Å². The molecule has 0 bridgehead atoms. The minimum Gasteiger partial charge on any atom is -0.384 e. The number of nitrogens with one attached hydrogen (secondary N) is 1. The molecule has 0 aromatic heterocycles. The lowest BCUT2D eigenvalue weighted by atomic mass is 10.2. The number of aryl methyl sites for hydroxylation is 1. The lowest BCUT2D eigenvalue weighted by molar-refractivity contribution is 0.594. The van der Waals surface area contributed by atoms with Crippen molar-refractivity contribution < 1.29 is 8.42 Å². The number of rotatable bonds is 4. The Kier molecular flexibility index (Phi) is 3.99. The van der Waals surface area contributed by atoms with Crippen molar-refractivity contribution in [3.8, 4) is 0 Å².